The largest absolute Gasteiger partial charge is 0.491 e. The van der Waals surface area contributed by atoms with Crippen LogP contribution in [0.1, 0.15) is 28.0 Å². The Bertz CT molecular complexity index is 971. The molecular formula is C21H22F5N3O4. The van der Waals surface area contributed by atoms with Gasteiger partial charge < -0.3 is 19.5 Å². The van der Waals surface area contributed by atoms with Gasteiger partial charge in [0.25, 0.3) is 5.91 Å². The van der Waals surface area contributed by atoms with Gasteiger partial charge in [-0.25, -0.2) is 13.5 Å². The number of hydrogen-bond donors (Lipinski definition) is 1. The highest BCUT2D eigenvalue weighted by atomic mass is 19.4. The quantitative estimate of drug-likeness (QED) is 0.469. The van der Waals surface area contributed by atoms with E-state index >= 15 is 0 Å². The second-order valence-corrected chi connectivity index (χ2v) is 7.95. The van der Waals surface area contributed by atoms with E-state index in [0.717, 1.165) is 5.56 Å². The first-order chi connectivity index (χ1) is 15.7. The van der Waals surface area contributed by atoms with Gasteiger partial charge in [0.15, 0.2) is 5.69 Å². The number of benzene rings is 1. The number of halogens is 5. The van der Waals surface area contributed by atoms with Crippen LogP contribution >= 0.6 is 0 Å². The van der Waals surface area contributed by atoms with Crippen molar-refractivity contribution in [3.63, 3.8) is 0 Å². The number of carbonyl (C=O) groups is 1. The molecule has 2 aliphatic rings. The maximum Gasteiger partial charge on any atom is 0.391 e. The molecule has 33 heavy (non-hydrogen) atoms. The molecule has 1 unspecified atom stereocenters. The first kappa shape index (κ1) is 23.3. The summed E-state index contributed by atoms with van der Waals surface area (Å²) in [6.07, 6.45) is -8.15. The van der Waals surface area contributed by atoms with Crippen molar-refractivity contribution in [1.29, 1.82) is 0 Å². The molecule has 0 aliphatic carbocycles. The summed E-state index contributed by atoms with van der Waals surface area (Å²) in [7, 11) is 0. The fourth-order valence-corrected chi connectivity index (χ4v) is 3.73. The minimum absolute atomic E-state index is 0.0205. The Hall–Kier alpha value is -2.89. The number of amides is 1. The smallest absolute Gasteiger partial charge is 0.391 e. The fourth-order valence-electron chi connectivity index (χ4n) is 3.73. The molecule has 0 saturated heterocycles. The standard InChI is InChI=1S/C21H22F5N3O4/c22-18(23)6-12-1-2-17-13(5-12)7-14(10-32-17)27-20(30)16-8-19-29(28-16)9-15(33-19)11-31-4-3-21(24,25)26/h1-2,5,8,14-15,18H,3-4,6-7,9-11H2,(H,27,30)/t14-,15?/m1/s1. The molecule has 7 nitrogen and oxygen atoms in total. The van der Waals surface area contributed by atoms with Crippen molar-refractivity contribution in [2.45, 2.75) is 50.6 Å². The number of rotatable bonds is 8. The van der Waals surface area contributed by atoms with Crippen LogP contribution in [0, 0.1) is 0 Å². The molecule has 4 rings (SSSR count). The SMILES string of the molecule is O=C(N[C@H]1COc2ccc(CC(F)F)cc2C1)c1cc2n(n1)CC(COCCC(F)(F)F)O2. The van der Waals surface area contributed by atoms with Gasteiger partial charge in [0, 0.05) is 12.5 Å². The van der Waals surface area contributed by atoms with E-state index < -0.39 is 37.6 Å². The van der Waals surface area contributed by atoms with E-state index in [1.165, 1.54) is 10.7 Å². The highest BCUT2D eigenvalue weighted by Crippen LogP contribution is 2.27. The lowest BCUT2D eigenvalue weighted by atomic mass is 9.99. The molecule has 2 aliphatic heterocycles. The summed E-state index contributed by atoms with van der Waals surface area (Å²) in [4.78, 5) is 12.6. The van der Waals surface area contributed by atoms with Gasteiger partial charge in [-0.2, -0.15) is 18.3 Å². The Labute approximate surface area is 185 Å². The topological polar surface area (TPSA) is 74.6 Å². The molecule has 1 amide bonds. The molecule has 1 aromatic heterocycles. The van der Waals surface area contributed by atoms with Crippen molar-refractivity contribution < 1.29 is 41.0 Å². The van der Waals surface area contributed by atoms with Gasteiger partial charge in [0.2, 0.25) is 12.3 Å². The number of aromatic nitrogens is 2. The number of carbonyl (C=O) groups excluding carboxylic acids is 1. The van der Waals surface area contributed by atoms with Crippen molar-refractivity contribution in [1.82, 2.24) is 15.1 Å². The minimum atomic E-state index is -4.27. The third-order valence-electron chi connectivity index (χ3n) is 5.23. The van der Waals surface area contributed by atoms with Gasteiger partial charge >= 0.3 is 6.18 Å². The summed E-state index contributed by atoms with van der Waals surface area (Å²) < 4.78 is 79.4. The lowest BCUT2D eigenvalue weighted by molar-refractivity contribution is -0.146. The molecule has 180 valence electrons. The first-order valence-corrected chi connectivity index (χ1v) is 10.4. The zero-order valence-electron chi connectivity index (χ0n) is 17.4. The number of nitrogens with one attached hydrogen (secondary N) is 1. The van der Waals surface area contributed by atoms with Crippen molar-refractivity contribution in [3.05, 3.63) is 41.1 Å². The lowest BCUT2D eigenvalue weighted by Crippen LogP contribution is -2.43. The molecule has 1 N–H and O–H groups in total. The zero-order valence-corrected chi connectivity index (χ0v) is 17.4. The summed E-state index contributed by atoms with van der Waals surface area (Å²) in [5.74, 6) is 0.488. The summed E-state index contributed by atoms with van der Waals surface area (Å²) >= 11 is 0. The first-order valence-electron chi connectivity index (χ1n) is 10.4. The maximum atomic E-state index is 12.6. The van der Waals surface area contributed by atoms with Crippen LogP contribution in [0.3, 0.4) is 0 Å². The van der Waals surface area contributed by atoms with Gasteiger partial charge in [-0.15, -0.1) is 0 Å². The van der Waals surface area contributed by atoms with Crippen LogP contribution in [0.2, 0.25) is 0 Å². The van der Waals surface area contributed by atoms with Crippen LogP contribution < -0.4 is 14.8 Å². The normalized spacial score (nSPS) is 19.6. The monoisotopic (exact) mass is 475 g/mol. The van der Waals surface area contributed by atoms with Gasteiger partial charge in [-0.05, 0) is 23.6 Å². The van der Waals surface area contributed by atoms with Gasteiger partial charge in [-0.1, -0.05) is 12.1 Å². The van der Waals surface area contributed by atoms with E-state index in [4.69, 9.17) is 14.2 Å². The predicted molar refractivity (Wildman–Crippen MR) is 105 cm³/mol. The Morgan fingerprint density at radius 1 is 1.30 bits per heavy atom. The van der Waals surface area contributed by atoms with E-state index in [-0.39, 0.29) is 37.9 Å². The molecule has 0 fully saturated rings. The van der Waals surface area contributed by atoms with Crippen molar-refractivity contribution >= 4 is 5.91 Å². The molecule has 2 aromatic rings. The Morgan fingerprint density at radius 2 is 2.12 bits per heavy atom. The number of hydrogen-bond acceptors (Lipinski definition) is 5. The lowest BCUT2D eigenvalue weighted by Gasteiger charge is -2.26. The summed E-state index contributed by atoms with van der Waals surface area (Å²) in [5.41, 5.74) is 1.37. The Balaban J connectivity index is 1.27. The molecule has 2 atom stereocenters. The third kappa shape index (κ3) is 6.12. The minimum Gasteiger partial charge on any atom is -0.491 e. The van der Waals surface area contributed by atoms with Crippen LogP contribution in [0.25, 0.3) is 0 Å². The van der Waals surface area contributed by atoms with Crippen LogP contribution in [-0.4, -0.2) is 60.3 Å². The average molecular weight is 475 g/mol. The highest BCUT2D eigenvalue weighted by molar-refractivity contribution is 5.92. The van der Waals surface area contributed by atoms with E-state index in [0.29, 0.717) is 23.6 Å². The second-order valence-electron chi connectivity index (χ2n) is 7.95. The van der Waals surface area contributed by atoms with Gasteiger partial charge in [0.05, 0.1) is 32.2 Å². The average Bonchev–Trinajstić information content (AvgIpc) is 3.29. The van der Waals surface area contributed by atoms with Crippen molar-refractivity contribution in [2.24, 2.45) is 0 Å². The van der Waals surface area contributed by atoms with Crippen LogP contribution in [-0.2, 0) is 24.1 Å². The highest BCUT2D eigenvalue weighted by Gasteiger charge is 2.30. The van der Waals surface area contributed by atoms with E-state index in [9.17, 15) is 26.7 Å². The molecule has 12 heteroatoms. The van der Waals surface area contributed by atoms with Crippen molar-refractivity contribution in [2.75, 3.05) is 19.8 Å². The van der Waals surface area contributed by atoms with Gasteiger partial charge in [-0.3, -0.25) is 4.79 Å². The molecule has 0 radical (unpaired) electrons. The van der Waals surface area contributed by atoms with E-state index in [1.54, 1.807) is 18.2 Å². The van der Waals surface area contributed by atoms with Crippen LogP contribution in [0.5, 0.6) is 11.6 Å². The van der Waals surface area contributed by atoms with Crippen LogP contribution in [0.15, 0.2) is 24.3 Å². The van der Waals surface area contributed by atoms with E-state index in [1.807, 2.05) is 0 Å². The number of fused-ring (bicyclic) bond motifs is 2. The number of nitrogens with zero attached hydrogens (tertiary/aromatic N) is 2. The molecule has 0 spiro atoms. The Morgan fingerprint density at radius 3 is 2.85 bits per heavy atom. The molecular weight excluding hydrogens is 453 g/mol. The Kier molecular flexibility index (Phi) is 6.73. The molecule has 0 bridgehead atoms. The summed E-state index contributed by atoms with van der Waals surface area (Å²) in [6.45, 7) is 0.0126. The van der Waals surface area contributed by atoms with Crippen molar-refractivity contribution in [3.8, 4) is 11.6 Å². The number of ether oxygens (including phenoxy) is 3. The predicted octanol–water partition coefficient (Wildman–Crippen LogP) is 3.15. The fraction of sp³-hybridized carbons (Fsp3) is 0.524. The maximum absolute atomic E-state index is 12.6. The summed E-state index contributed by atoms with van der Waals surface area (Å²) in [5, 5.41) is 7.00. The zero-order chi connectivity index (χ0) is 23.6. The van der Waals surface area contributed by atoms with Gasteiger partial charge in [0.1, 0.15) is 18.5 Å². The number of alkyl halides is 5. The van der Waals surface area contributed by atoms with Crippen LogP contribution in [0.4, 0.5) is 22.0 Å². The third-order valence-corrected chi connectivity index (χ3v) is 5.23. The molecule has 0 saturated carbocycles. The van der Waals surface area contributed by atoms with E-state index in [2.05, 4.69) is 10.4 Å². The second kappa shape index (κ2) is 9.54. The summed E-state index contributed by atoms with van der Waals surface area (Å²) in [6, 6.07) is 6.01. The molecule has 1 aromatic carbocycles. The molecule has 3 heterocycles.